The van der Waals surface area contributed by atoms with Crippen LogP contribution >= 0.6 is 11.6 Å². The van der Waals surface area contributed by atoms with Crippen LogP contribution in [0, 0.1) is 10.1 Å². The maximum absolute atomic E-state index is 12.6. The molecule has 0 unspecified atom stereocenters. The van der Waals surface area contributed by atoms with E-state index in [0.29, 0.717) is 11.3 Å². The number of nitrogens with one attached hydrogen (secondary N) is 1. The molecule has 1 amide bonds. The zero-order valence-electron chi connectivity index (χ0n) is 16.5. The molecule has 3 rings (SSSR count). The Labute approximate surface area is 182 Å². The number of methoxy groups -OCH3 is 1. The minimum atomic E-state index is -0.604. The van der Waals surface area contributed by atoms with Crippen molar-refractivity contribution in [2.45, 2.75) is 6.92 Å². The van der Waals surface area contributed by atoms with Gasteiger partial charge >= 0.3 is 5.69 Å². The zero-order valence-corrected chi connectivity index (χ0v) is 17.3. The Hall–Kier alpha value is -3.91. The molecule has 0 aromatic heterocycles. The van der Waals surface area contributed by atoms with Gasteiger partial charge in [0, 0.05) is 27.9 Å². The highest BCUT2D eigenvalue weighted by Crippen LogP contribution is 2.38. The van der Waals surface area contributed by atoms with Gasteiger partial charge in [-0.1, -0.05) is 11.6 Å². The Bertz CT molecular complexity index is 1160. The summed E-state index contributed by atoms with van der Waals surface area (Å²) in [5.41, 5.74) is 1.04. The summed E-state index contributed by atoms with van der Waals surface area (Å²) in [6, 6.07) is 15.0. The smallest absolute Gasteiger partial charge is 0.313 e. The van der Waals surface area contributed by atoms with Crippen LogP contribution < -0.4 is 14.8 Å². The van der Waals surface area contributed by atoms with Crippen molar-refractivity contribution in [3.05, 3.63) is 86.9 Å². The van der Waals surface area contributed by atoms with Crippen LogP contribution in [0.1, 0.15) is 27.6 Å². The van der Waals surface area contributed by atoms with Gasteiger partial charge in [0.25, 0.3) is 5.91 Å². The van der Waals surface area contributed by atoms with Crippen LogP contribution in [0.4, 0.5) is 11.4 Å². The van der Waals surface area contributed by atoms with Gasteiger partial charge in [0.1, 0.15) is 0 Å². The number of carbonyl (C=O) groups is 2. The number of hydrogen-bond donors (Lipinski definition) is 1. The summed E-state index contributed by atoms with van der Waals surface area (Å²) in [5, 5.41) is 14.2. The summed E-state index contributed by atoms with van der Waals surface area (Å²) >= 11 is 5.82. The van der Waals surface area contributed by atoms with E-state index < -0.39 is 10.8 Å². The van der Waals surface area contributed by atoms with E-state index in [4.69, 9.17) is 21.1 Å². The molecule has 31 heavy (non-hydrogen) atoms. The molecular weight excluding hydrogens is 424 g/mol. The number of halogens is 1. The van der Waals surface area contributed by atoms with Crippen molar-refractivity contribution in [2.75, 3.05) is 12.4 Å². The van der Waals surface area contributed by atoms with Crippen LogP contribution in [-0.2, 0) is 0 Å². The first kappa shape index (κ1) is 21.8. The maximum Gasteiger partial charge on any atom is 0.313 e. The van der Waals surface area contributed by atoms with Gasteiger partial charge in [-0.05, 0) is 61.5 Å². The molecule has 0 saturated heterocycles. The summed E-state index contributed by atoms with van der Waals surface area (Å²) in [6.45, 7) is 1.46. The zero-order chi connectivity index (χ0) is 22.5. The van der Waals surface area contributed by atoms with E-state index in [1.54, 1.807) is 24.3 Å². The molecule has 158 valence electrons. The molecule has 3 aromatic carbocycles. The number of Topliss-reactive ketones (excluding diaryl/α,β-unsaturated/α-hetero) is 1. The quantitative estimate of drug-likeness (QED) is 0.295. The fraction of sp³-hybridized carbons (Fsp3) is 0.0909. The SMILES string of the molecule is COc1cc(C(=O)Nc2ccc(C(C)=O)cc2)ccc1Oc1ccc(Cl)cc1[N+](=O)[O-]. The van der Waals surface area contributed by atoms with E-state index in [9.17, 15) is 19.7 Å². The average Bonchev–Trinajstić information content (AvgIpc) is 2.75. The third-order valence-corrected chi connectivity index (χ3v) is 4.55. The maximum atomic E-state index is 12.6. The fourth-order valence-electron chi connectivity index (χ4n) is 2.72. The number of hydrogen-bond acceptors (Lipinski definition) is 6. The molecule has 8 nitrogen and oxygen atoms in total. The minimum Gasteiger partial charge on any atom is -0.493 e. The molecule has 3 aromatic rings. The number of benzene rings is 3. The molecular formula is C22H17ClN2O6. The van der Waals surface area contributed by atoms with Crippen molar-refractivity contribution in [1.29, 1.82) is 0 Å². The number of nitro groups is 1. The van der Waals surface area contributed by atoms with E-state index in [-0.39, 0.29) is 39.3 Å². The van der Waals surface area contributed by atoms with Crippen molar-refractivity contribution in [3.8, 4) is 17.2 Å². The van der Waals surface area contributed by atoms with Gasteiger partial charge in [-0.15, -0.1) is 0 Å². The van der Waals surface area contributed by atoms with E-state index in [1.165, 1.54) is 50.4 Å². The number of ketones is 1. The lowest BCUT2D eigenvalue weighted by molar-refractivity contribution is -0.385. The highest BCUT2D eigenvalue weighted by atomic mass is 35.5. The fourth-order valence-corrected chi connectivity index (χ4v) is 2.89. The van der Waals surface area contributed by atoms with Gasteiger partial charge in [-0.3, -0.25) is 19.7 Å². The van der Waals surface area contributed by atoms with Crippen LogP contribution in [0.5, 0.6) is 17.2 Å². The van der Waals surface area contributed by atoms with Gasteiger partial charge in [0.2, 0.25) is 5.75 Å². The molecule has 0 aliphatic rings. The first-order valence-corrected chi connectivity index (χ1v) is 9.38. The lowest BCUT2D eigenvalue weighted by Crippen LogP contribution is -2.12. The van der Waals surface area contributed by atoms with Crippen LogP contribution in [0.15, 0.2) is 60.7 Å². The van der Waals surface area contributed by atoms with Crippen molar-refractivity contribution in [2.24, 2.45) is 0 Å². The second-order valence-electron chi connectivity index (χ2n) is 6.42. The number of ether oxygens (including phenoxy) is 2. The monoisotopic (exact) mass is 440 g/mol. The highest BCUT2D eigenvalue weighted by Gasteiger charge is 2.19. The summed E-state index contributed by atoms with van der Waals surface area (Å²) in [5.74, 6) is -0.0911. The molecule has 0 radical (unpaired) electrons. The molecule has 0 aliphatic carbocycles. The second kappa shape index (κ2) is 9.27. The van der Waals surface area contributed by atoms with E-state index in [2.05, 4.69) is 5.32 Å². The Morgan fingerprint density at radius 1 is 0.935 bits per heavy atom. The van der Waals surface area contributed by atoms with Crippen molar-refractivity contribution < 1.29 is 24.0 Å². The van der Waals surface area contributed by atoms with Gasteiger partial charge in [0.05, 0.1) is 12.0 Å². The third-order valence-electron chi connectivity index (χ3n) is 4.31. The molecule has 0 saturated carbocycles. The number of carbonyl (C=O) groups excluding carboxylic acids is 2. The van der Waals surface area contributed by atoms with Crippen LogP contribution in [0.3, 0.4) is 0 Å². The predicted octanol–water partition coefficient (Wildman–Crippen LogP) is 5.50. The van der Waals surface area contributed by atoms with Crippen molar-refractivity contribution in [3.63, 3.8) is 0 Å². The van der Waals surface area contributed by atoms with Crippen molar-refractivity contribution in [1.82, 2.24) is 0 Å². The predicted molar refractivity (Wildman–Crippen MR) is 116 cm³/mol. The van der Waals surface area contributed by atoms with Crippen LogP contribution in [0.25, 0.3) is 0 Å². The Kier molecular flexibility index (Phi) is 6.52. The summed E-state index contributed by atoms with van der Waals surface area (Å²) in [4.78, 5) is 34.6. The Morgan fingerprint density at radius 2 is 1.58 bits per heavy atom. The molecule has 0 aliphatic heterocycles. The summed E-state index contributed by atoms with van der Waals surface area (Å²) in [6.07, 6.45) is 0. The molecule has 9 heteroatoms. The molecule has 0 spiro atoms. The van der Waals surface area contributed by atoms with Gasteiger partial charge in [-0.2, -0.15) is 0 Å². The van der Waals surface area contributed by atoms with Crippen molar-refractivity contribution >= 4 is 34.7 Å². The highest BCUT2D eigenvalue weighted by molar-refractivity contribution is 6.30. The lowest BCUT2D eigenvalue weighted by atomic mass is 10.1. The molecule has 0 fully saturated rings. The molecule has 0 bridgehead atoms. The number of amides is 1. The number of nitrogens with zero attached hydrogens (tertiary/aromatic N) is 1. The standard InChI is InChI=1S/C22H17ClN2O6/c1-13(26)14-3-7-17(8-4-14)24-22(27)15-5-9-20(21(11-15)30-2)31-19-10-6-16(23)12-18(19)25(28)29/h3-12H,1-2H3,(H,24,27). The van der Waals surface area contributed by atoms with Gasteiger partial charge < -0.3 is 14.8 Å². The van der Waals surface area contributed by atoms with Gasteiger partial charge in [-0.25, -0.2) is 0 Å². The third kappa shape index (κ3) is 5.18. The Morgan fingerprint density at radius 3 is 2.19 bits per heavy atom. The first-order valence-electron chi connectivity index (χ1n) is 9.00. The number of nitro benzene ring substituents is 1. The van der Waals surface area contributed by atoms with E-state index in [0.717, 1.165) is 0 Å². The van der Waals surface area contributed by atoms with Gasteiger partial charge in [0.15, 0.2) is 17.3 Å². The largest absolute Gasteiger partial charge is 0.493 e. The Balaban J connectivity index is 1.82. The first-order chi connectivity index (χ1) is 14.8. The molecule has 0 heterocycles. The second-order valence-corrected chi connectivity index (χ2v) is 6.86. The molecule has 0 atom stereocenters. The lowest BCUT2D eigenvalue weighted by Gasteiger charge is -2.12. The van der Waals surface area contributed by atoms with E-state index in [1.807, 2.05) is 0 Å². The normalized spacial score (nSPS) is 10.3. The number of anilines is 1. The van der Waals surface area contributed by atoms with Crippen LogP contribution in [0.2, 0.25) is 5.02 Å². The minimum absolute atomic E-state index is 0.0181. The number of rotatable bonds is 7. The summed E-state index contributed by atoms with van der Waals surface area (Å²) in [7, 11) is 1.39. The molecule has 1 N–H and O–H groups in total. The van der Waals surface area contributed by atoms with Crippen LogP contribution in [-0.4, -0.2) is 23.7 Å². The average molecular weight is 441 g/mol. The summed E-state index contributed by atoms with van der Waals surface area (Å²) < 4.78 is 10.9. The van der Waals surface area contributed by atoms with E-state index >= 15 is 0 Å². The topological polar surface area (TPSA) is 108 Å².